The molecule has 0 radical (unpaired) electrons. The average Bonchev–Trinajstić information content (AvgIpc) is 2.92. The Morgan fingerprint density at radius 1 is 1.29 bits per heavy atom. The molecule has 1 saturated carbocycles. The van der Waals surface area contributed by atoms with Crippen LogP contribution in [0.2, 0.25) is 0 Å². The molecule has 2 unspecified atom stereocenters. The molecule has 0 aromatic heterocycles. The summed E-state index contributed by atoms with van der Waals surface area (Å²) in [4.78, 5) is 0. The molecule has 1 nitrogen and oxygen atoms in total. The van der Waals surface area contributed by atoms with Crippen LogP contribution < -0.4 is 3.61 Å². The number of benzene rings is 1. The summed E-state index contributed by atoms with van der Waals surface area (Å²) in [5.41, 5.74) is 1.58. The van der Waals surface area contributed by atoms with Crippen LogP contribution in [0.4, 0.5) is 0 Å². The molecule has 1 aromatic carbocycles. The maximum atomic E-state index is 5.58. The number of rotatable bonds is 2. The van der Waals surface area contributed by atoms with Crippen LogP contribution in [-0.2, 0) is 4.74 Å². The van der Waals surface area contributed by atoms with E-state index in [1.807, 2.05) is 0 Å². The SMILES string of the molecule is C(/[Te]c1ccccc1)=C1/COC2CC12. The number of hydrogen-bond donors (Lipinski definition) is 0. The van der Waals surface area contributed by atoms with E-state index in [9.17, 15) is 0 Å². The molecule has 2 aliphatic rings. The number of fused-ring (bicyclic) bond motifs is 1. The van der Waals surface area contributed by atoms with E-state index in [2.05, 4.69) is 34.5 Å². The van der Waals surface area contributed by atoms with Crippen LogP contribution in [0.5, 0.6) is 0 Å². The number of ether oxygens (including phenoxy) is 1. The van der Waals surface area contributed by atoms with Crippen molar-refractivity contribution < 1.29 is 4.74 Å². The first-order valence-corrected chi connectivity index (χ1v) is 7.47. The second kappa shape index (κ2) is 3.70. The van der Waals surface area contributed by atoms with Crippen molar-refractivity contribution >= 4 is 24.5 Å². The molecule has 1 saturated heterocycles. The summed E-state index contributed by atoms with van der Waals surface area (Å²) < 4.78 is 9.59. The van der Waals surface area contributed by atoms with Crippen LogP contribution in [0.1, 0.15) is 6.42 Å². The fourth-order valence-corrected chi connectivity index (χ4v) is 4.23. The van der Waals surface area contributed by atoms with Gasteiger partial charge in [-0.05, 0) is 0 Å². The van der Waals surface area contributed by atoms with Gasteiger partial charge in [-0.2, -0.15) is 0 Å². The van der Waals surface area contributed by atoms with Crippen LogP contribution in [-0.4, -0.2) is 33.6 Å². The predicted octanol–water partition coefficient (Wildman–Crippen LogP) is 1.32. The van der Waals surface area contributed by atoms with E-state index in [0.717, 1.165) is 12.5 Å². The first kappa shape index (κ1) is 8.97. The molecule has 0 N–H and O–H groups in total. The quantitative estimate of drug-likeness (QED) is 0.749. The summed E-state index contributed by atoms with van der Waals surface area (Å²) in [6, 6.07) is 10.8. The third-order valence-electron chi connectivity index (χ3n) is 2.76. The number of hydrogen-bond acceptors (Lipinski definition) is 1. The van der Waals surface area contributed by atoms with Crippen molar-refractivity contribution in [2.75, 3.05) is 6.61 Å². The molecule has 1 heterocycles. The van der Waals surface area contributed by atoms with Gasteiger partial charge < -0.3 is 0 Å². The van der Waals surface area contributed by atoms with Crippen LogP contribution in [0.15, 0.2) is 40.0 Å². The van der Waals surface area contributed by atoms with E-state index in [1.54, 1.807) is 5.57 Å². The summed E-state index contributed by atoms with van der Waals surface area (Å²) in [5, 5.41) is 0. The first-order valence-electron chi connectivity index (χ1n) is 4.96. The normalized spacial score (nSPS) is 31.9. The van der Waals surface area contributed by atoms with Crippen molar-refractivity contribution in [2.45, 2.75) is 12.5 Å². The molecule has 1 aliphatic heterocycles. The van der Waals surface area contributed by atoms with Crippen LogP contribution >= 0.6 is 0 Å². The Morgan fingerprint density at radius 2 is 2.14 bits per heavy atom. The van der Waals surface area contributed by atoms with Gasteiger partial charge in [0.15, 0.2) is 0 Å². The molecule has 0 bridgehead atoms. The zero-order chi connectivity index (χ0) is 9.38. The minimum atomic E-state index is -0.108. The molecular weight excluding hydrogens is 288 g/mol. The topological polar surface area (TPSA) is 9.23 Å². The molecule has 2 fully saturated rings. The fraction of sp³-hybridized carbons (Fsp3) is 0.333. The van der Waals surface area contributed by atoms with Gasteiger partial charge in [0.05, 0.1) is 0 Å². The maximum absolute atomic E-state index is 5.58. The molecule has 14 heavy (non-hydrogen) atoms. The Labute approximate surface area is 94.2 Å². The third-order valence-corrected chi connectivity index (χ3v) is 5.52. The molecule has 1 aliphatic carbocycles. The molecule has 72 valence electrons. The second-order valence-electron chi connectivity index (χ2n) is 3.82. The molecule has 0 amide bonds. The van der Waals surface area contributed by atoms with Crippen LogP contribution in [0.25, 0.3) is 0 Å². The van der Waals surface area contributed by atoms with Crippen molar-refractivity contribution in [3.8, 4) is 0 Å². The predicted molar refractivity (Wildman–Crippen MR) is 57.8 cm³/mol. The van der Waals surface area contributed by atoms with Crippen molar-refractivity contribution in [3.63, 3.8) is 0 Å². The van der Waals surface area contributed by atoms with Crippen molar-refractivity contribution in [1.29, 1.82) is 0 Å². The minimum absolute atomic E-state index is 0.108. The molecule has 2 heteroatoms. The van der Waals surface area contributed by atoms with Gasteiger partial charge in [-0.3, -0.25) is 0 Å². The zero-order valence-corrected chi connectivity index (χ0v) is 10.2. The average molecular weight is 300 g/mol. The molecule has 1 aromatic rings. The summed E-state index contributed by atoms with van der Waals surface area (Å²) in [6.07, 6.45) is 1.89. The monoisotopic (exact) mass is 302 g/mol. The second-order valence-corrected chi connectivity index (χ2v) is 6.51. The molecular formula is C12H12OTe. The Kier molecular flexibility index (Phi) is 2.37. The Hall–Kier alpha value is -0.290. The van der Waals surface area contributed by atoms with Gasteiger partial charge in [0.2, 0.25) is 0 Å². The van der Waals surface area contributed by atoms with E-state index in [4.69, 9.17) is 4.74 Å². The van der Waals surface area contributed by atoms with Gasteiger partial charge >= 0.3 is 94.3 Å². The van der Waals surface area contributed by atoms with E-state index in [1.165, 1.54) is 10.0 Å². The van der Waals surface area contributed by atoms with Crippen molar-refractivity contribution in [3.05, 3.63) is 40.0 Å². The van der Waals surface area contributed by atoms with Gasteiger partial charge in [0.25, 0.3) is 0 Å². The van der Waals surface area contributed by atoms with Gasteiger partial charge in [0, 0.05) is 0 Å². The van der Waals surface area contributed by atoms with Gasteiger partial charge in [0.1, 0.15) is 0 Å². The summed E-state index contributed by atoms with van der Waals surface area (Å²) >= 11 is -0.108. The van der Waals surface area contributed by atoms with Gasteiger partial charge in [-0.1, -0.05) is 0 Å². The third kappa shape index (κ3) is 1.75. The zero-order valence-electron chi connectivity index (χ0n) is 7.85. The summed E-state index contributed by atoms with van der Waals surface area (Å²) in [6.45, 7) is 0.910. The van der Waals surface area contributed by atoms with E-state index in [-0.39, 0.29) is 20.9 Å². The van der Waals surface area contributed by atoms with E-state index < -0.39 is 0 Å². The van der Waals surface area contributed by atoms with Gasteiger partial charge in [-0.25, -0.2) is 0 Å². The molecule has 2 atom stereocenters. The van der Waals surface area contributed by atoms with Crippen molar-refractivity contribution in [2.24, 2.45) is 5.92 Å². The van der Waals surface area contributed by atoms with Crippen LogP contribution in [0, 0.1) is 5.92 Å². The standard InChI is InChI=1S/C12H12OTe/c1-2-4-10(5-3-1)14-8-9-7-13-12-6-11(9)12/h1-5,8,11-12H,6-7H2/b9-8+. The van der Waals surface area contributed by atoms with E-state index >= 15 is 0 Å². The summed E-state index contributed by atoms with van der Waals surface area (Å²) in [7, 11) is 0. The molecule has 0 spiro atoms. The van der Waals surface area contributed by atoms with Gasteiger partial charge in [-0.15, -0.1) is 0 Å². The Morgan fingerprint density at radius 3 is 2.79 bits per heavy atom. The van der Waals surface area contributed by atoms with Crippen molar-refractivity contribution in [1.82, 2.24) is 0 Å². The Bertz CT molecular complexity index is 358. The summed E-state index contributed by atoms with van der Waals surface area (Å²) in [5.74, 6) is 0.809. The molecule has 3 rings (SSSR count). The fourth-order valence-electron chi connectivity index (χ4n) is 1.82. The Balaban J connectivity index is 1.69. The first-order chi connectivity index (χ1) is 6.93. The van der Waals surface area contributed by atoms with Crippen LogP contribution in [0.3, 0.4) is 0 Å². The van der Waals surface area contributed by atoms with E-state index in [0.29, 0.717) is 6.10 Å².